The highest BCUT2D eigenvalue weighted by Gasteiger charge is 2.26. The standard InChI is InChI=1S/C22H31N5O2/c1-2-19-15-27(9-8-23-19)22(28)20-17-29-21(24-20)16-26-12-10-25(11-13-26)14-18-6-4-3-5-7-18/h3-7,17,19,23H,2,8-16H2,1H3. The smallest absolute Gasteiger partial charge is 0.275 e. The van der Waals surface area contributed by atoms with Crippen LogP contribution in [0.1, 0.15) is 35.3 Å². The maximum absolute atomic E-state index is 12.7. The highest BCUT2D eigenvalue weighted by Crippen LogP contribution is 2.13. The topological polar surface area (TPSA) is 64.9 Å². The van der Waals surface area contributed by atoms with Crippen molar-refractivity contribution >= 4 is 5.91 Å². The molecule has 29 heavy (non-hydrogen) atoms. The lowest BCUT2D eigenvalue weighted by Gasteiger charge is -2.34. The molecule has 3 heterocycles. The van der Waals surface area contributed by atoms with Crippen molar-refractivity contribution in [3.05, 3.63) is 53.7 Å². The summed E-state index contributed by atoms with van der Waals surface area (Å²) in [5, 5.41) is 3.43. The van der Waals surface area contributed by atoms with Gasteiger partial charge in [0.2, 0.25) is 5.89 Å². The van der Waals surface area contributed by atoms with E-state index in [1.54, 1.807) is 0 Å². The van der Waals surface area contributed by atoms with Gasteiger partial charge in [-0.15, -0.1) is 0 Å². The van der Waals surface area contributed by atoms with E-state index in [9.17, 15) is 4.79 Å². The van der Waals surface area contributed by atoms with E-state index < -0.39 is 0 Å². The van der Waals surface area contributed by atoms with Gasteiger partial charge in [0.15, 0.2) is 5.69 Å². The van der Waals surface area contributed by atoms with Crippen molar-refractivity contribution in [1.29, 1.82) is 0 Å². The maximum Gasteiger partial charge on any atom is 0.275 e. The number of benzene rings is 1. The van der Waals surface area contributed by atoms with Crippen LogP contribution in [0.5, 0.6) is 0 Å². The van der Waals surface area contributed by atoms with Gasteiger partial charge in [-0.25, -0.2) is 4.98 Å². The van der Waals surface area contributed by atoms with Crippen LogP contribution >= 0.6 is 0 Å². The molecule has 1 aromatic heterocycles. The first kappa shape index (κ1) is 20.1. The Morgan fingerprint density at radius 2 is 1.83 bits per heavy atom. The molecule has 4 rings (SSSR count). The average molecular weight is 398 g/mol. The molecule has 1 atom stereocenters. The molecule has 2 fully saturated rings. The second-order valence-electron chi connectivity index (χ2n) is 7.97. The van der Waals surface area contributed by atoms with Gasteiger partial charge in [-0.05, 0) is 12.0 Å². The third kappa shape index (κ3) is 5.23. The van der Waals surface area contributed by atoms with Crippen LogP contribution in [0.15, 0.2) is 41.0 Å². The molecule has 2 aliphatic heterocycles. The van der Waals surface area contributed by atoms with Gasteiger partial charge in [-0.2, -0.15) is 0 Å². The monoisotopic (exact) mass is 397 g/mol. The first-order chi connectivity index (χ1) is 14.2. The van der Waals surface area contributed by atoms with Gasteiger partial charge < -0.3 is 14.6 Å². The maximum atomic E-state index is 12.7. The third-order valence-electron chi connectivity index (χ3n) is 5.88. The lowest BCUT2D eigenvalue weighted by atomic mass is 10.1. The molecule has 1 N–H and O–H groups in total. The fourth-order valence-corrected chi connectivity index (χ4v) is 4.07. The van der Waals surface area contributed by atoms with Crippen LogP contribution in [-0.4, -0.2) is 77.4 Å². The Labute approximate surface area is 172 Å². The van der Waals surface area contributed by atoms with Gasteiger partial charge in [0.25, 0.3) is 5.91 Å². The fraction of sp³-hybridized carbons (Fsp3) is 0.545. The summed E-state index contributed by atoms with van der Waals surface area (Å²) in [5.74, 6) is 0.611. The molecule has 7 heteroatoms. The highest BCUT2D eigenvalue weighted by atomic mass is 16.3. The largest absolute Gasteiger partial charge is 0.447 e. The van der Waals surface area contributed by atoms with Crippen LogP contribution < -0.4 is 5.32 Å². The summed E-state index contributed by atoms with van der Waals surface area (Å²) in [6.07, 6.45) is 2.54. The predicted molar refractivity (Wildman–Crippen MR) is 111 cm³/mol. The number of amides is 1. The van der Waals surface area contributed by atoms with Gasteiger partial charge in [0.05, 0.1) is 6.54 Å². The highest BCUT2D eigenvalue weighted by molar-refractivity contribution is 5.92. The van der Waals surface area contributed by atoms with Crippen LogP contribution in [0, 0.1) is 0 Å². The minimum atomic E-state index is -0.0207. The molecule has 2 aliphatic rings. The molecule has 2 saturated heterocycles. The first-order valence-electron chi connectivity index (χ1n) is 10.7. The lowest BCUT2D eigenvalue weighted by Crippen LogP contribution is -2.52. The minimum absolute atomic E-state index is 0.0207. The first-order valence-corrected chi connectivity index (χ1v) is 10.7. The Bertz CT molecular complexity index is 786. The molecule has 1 aromatic carbocycles. The van der Waals surface area contributed by atoms with E-state index >= 15 is 0 Å². The van der Waals surface area contributed by atoms with Crippen LogP contribution in [-0.2, 0) is 13.1 Å². The molecular weight excluding hydrogens is 366 g/mol. The van der Waals surface area contributed by atoms with E-state index in [0.717, 1.165) is 58.8 Å². The van der Waals surface area contributed by atoms with Crippen molar-refractivity contribution in [2.75, 3.05) is 45.8 Å². The summed E-state index contributed by atoms with van der Waals surface area (Å²) in [5.41, 5.74) is 1.79. The normalized spacial score (nSPS) is 21.4. The summed E-state index contributed by atoms with van der Waals surface area (Å²) in [6.45, 7) is 10.1. The zero-order valence-electron chi connectivity index (χ0n) is 17.2. The predicted octanol–water partition coefficient (Wildman–Crippen LogP) is 1.82. The van der Waals surface area contributed by atoms with Crippen molar-refractivity contribution in [1.82, 2.24) is 25.0 Å². The Balaban J connectivity index is 1.26. The number of nitrogens with zero attached hydrogens (tertiary/aromatic N) is 4. The Kier molecular flexibility index (Phi) is 6.59. The average Bonchev–Trinajstić information content (AvgIpc) is 3.24. The van der Waals surface area contributed by atoms with Gasteiger partial charge >= 0.3 is 0 Å². The molecule has 0 saturated carbocycles. The van der Waals surface area contributed by atoms with E-state index in [1.807, 2.05) is 4.90 Å². The summed E-state index contributed by atoms with van der Waals surface area (Å²) < 4.78 is 5.63. The lowest BCUT2D eigenvalue weighted by molar-refractivity contribution is 0.0695. The van der Waals surface area contributed by atoms with Gasteiger partial charge in [0.1, 0.15) is 6.26 Å². The second-order valence-corrected chi connectivity index (χ2v) is 7.97. The van der Waals surface area contributed by atoms with Crippen LogP contribution in [0.2, 0.25) is 0 Å². The number of carbonyl (C=O) groups is 1. The zero-order chi connectivity index (χ0) is 20.1. The quantitative estimate of drug-likeness (QED) is 0.802. The molecule has 2 aromatic rings. The number of nitrogens with one attached hydrogen (secondary N) is 1. The van der Waals surface area contributed by atoms with Crippen LogP contribution in [0.3, 0.4) is 0 Å². The molecule has 0 aliphatic carbocycles. The van der Waals surface area contributed by atoms with Crippen molar-refractivity contribution in [2.45, 2.75) is 32.5 Å². The number of rotatable bonds is 6. The van der Waals surface area contributed by atoms with E-state index in [4.69, 9.17) is 4.42 Å². The van der Waals surface area contributed by atoms with Crippen LogP contribution in [0.25, 0.3) is 0 Å². The number of piperazine rings is 2. The Morgan fingerprint density at radius 3 is 2.55 bits per heavy atom. The summed E-state index contributed by atoms with van der Waals surface area (Å²) >= 11 is 0. The molecule has 0 spiro atoms. The number of hydrogen-bond donors (Lipinski definition) is 1. The molecule has 0 radical (unpaired) electrons. The van der Waals surface area contributed by atoms with E-state index in [0.29, 0.717) is 24.2 Å². The Hall–Kier alpha value is -2.22. The molecule has 7 nitrogen and oxygen atoms in total. The minimum Gasteiger partial charge on any atom is -0.447 e. The van der Waals surface area contributed by atoms with Gasteiger partial charge in [0, 0.05) is 58.4 Å². The summed E-state index contributed by atoms with van der Waals surface area (Å²) in [4.78, 5) is 23.9. The van der Waals surface area contributed by atoms with Crippen LogP contribution in [0.4, 0.5) is 0 Å². The number of hydrogen-bond acceptors (Lipinski definition) is 6. The van der Waals surface area contributed by atoms with E-state index in [2.05, 4.69) is 57.4 Å². The summed E-state index contributed by atoms with van der Waals surface area (Å²) in [6, 6.07) is 11.0. The molecular formula is C22H31N5O2. The van der Waals surface area contributed by atoms with E-state index in [1.165, 1.54) is 11.8 Å². The van der Waals surface area contributed by atoms with Crippen molar-refractivity contribution in [2.24, 2.45) is 0 Å². The SMILES string of the molecule is CCC1CN(C(=O)c2coc(CN3CCN(Cc4ccccc4)CC3)n2)CCN1. The van der Waals surface area contributed by atoms with Crippen molar-refractivity contribution < 1.29 is 9.21 Å². The molecule has 1 unspecified atom stereocenters. The van der Waals surface area contributed by atoms with E-state index in [-0.39, 0.29) is 5.91 Å². The summed E-state index contributed by atoms with van der Waals surface area (Å²) in [7, 11) is 0. The number of oxazole rings is 1. The fourth-order valence-electron chi connectivity index (χ4n) is 4.07. The van der Waals surface area contributed by atoms with Gasteiger partial charge in [-0.1, -0.05) is 37.3 Å². The molecule has 1 amide bonds. The number of carbonyl (C=O) groups excluding carboxylic acids is 1. The van der Waals surface area contributed by atoms with Gasteiger partial charge in [-0.3, -0.25) is 14.6 Å². The van der Waals surface area contributed by atoms with Crippen molar-refractivity contribution in [3.8, 4) is 0 Å². The number of aromatic nitrogens is 1. The molecule has 156 valence electrons. The Morgan fingerprint density at radius 1 is 1.10 bits per heavy atom. The third-order valence-corrected chi connectivity index (χ3v) is 5.88. The molecule has 0 bridgehead atoms. The second kappa shape index (κ2) is 9.52. The zero-order valence-corrected chi connectivity index (χ0v) is 17.2. The van der Waals surface area contributed by atoms with Crippen molar-refractivity contribution in [3.63, 3.8) is 0 Å².